The van der Waals surface area contributed by atoms with Gasteiger partial charge in [0.2, 0.25) is 5.91 Å². The maximum Gasteiger partial charge on any atom is 0.319 e. The molecule has 1 atom stereocenters. The van der Waals surface area contributed by atoms with Gasteiger partial charge in [-0.25, -0.2) is 9.18 Å². The molecule has 2 aliphatic rings. The number of hydrogen-bond donors (Lipinski definition) is 3. The number of amides is 3. The first-order chi connectivity index (χ1) is 12.6. The Hall–Kier alpha value is -2.89. The highest BCUT2D eigenvalue weighted by molar-refractivity contribution is 5.94. The lowest BCUT2D eigenvalue weighted by molar-refractivity contribution is -0.116. The number of carbonyl (C=O) groups excluding carboxylic acids is 2. The first-order valence-electron chi connectivity index (χ1n) is 8.87. The maximum atomic E-state index is 13.5. The first-order valence-corrected chi connectivity index (χ1v) is 8.87. The van der Waals surface area contributed by atoms with Gasteiger partial charge >= 0.3 is 6.03 Å². The van der Waals surface area contributed by atoms with Crippen LogP contribution in [0.2, 0.25) is 0 Å². The Bertz CT molecular complexity index is 881. The molecule has 0 saturated heterocycles. The summed E-state index contributed by atoms with van der Waals surface area (Å²) >= 11 is 0. The van der Waals surface area contributed by atoms with E-state index < -0.39 is 0 Å². The molecular formula is C20H20FN3O2. The number of fused-ring (bicyclic) bond motifs is 2. The second-order valence-corrected chi connectivity index (χ2v) is 6.81. The van der Waals surface area contributed by atoms with E-state index in [0.717, 1.165) is 48.1 Å². The minimum Gasteiger partial charge on any atom is -0.331 e. The van der Waals surface area contributed by atoms with Crippen LogP contribution in [0, 0.1) is 5.82 Å². The fraction of sp³-hybridized carbons (Fsp3) is 0.300. The van der Waals surface area contributed by atoms with E-state index >= 15 is 0 Å². The number of hydrogen-bond acceptors (Lipinski definition) is 2. The third-order valence-electron chi connectivity index (χ3n) is 4.98. The maximum absolute atomic E-state index is 13.5. The fourth-order valence-electron chi connectivity index (χ4n) is 3.70. The Morgan fingerprint density at radius 2 is 1.96 bits per heavy atom. The number of benzene rings is 2. The lowest BCUT2D eigenvalue weighted by atomic mass is 10.1. The third kappa shape index (κ3) is 3.40. The summed E-state index contributed by atoms with van der Waals surface area (Å²) in [6.07, 6.45) is 3.69. The Morgan fingerprint density at radius 3 is 2.85 bits per heavy atom. The smallest absolute Gasteiger partial charge is 0.319 e. The van der Waals surface area contributed by atoms with Gasteiger partial charge in [-0.05, 0) is 72.7 Å². The van der Waals surface area contributed by atoms with Crippen molar-refractivity contribution in [3.05, 3.63) is 58.9 Å². The number of anilines is 2. The SMILES string of the molecule is O=C1CCCc2cc(NC(=O)NC3CCc4ccc(F)cc43)ccc2N1. The Balaban J connectivity index is 1.44. The summed E-state index contributed by atoms with van der Waals surface area (Å²) in [7, 11) is 0. The number of halogens is 1. The second-order valence-electron chi connectivity index (χ2n) is 6.81. The van der Waals surface area contributed by atoms with Crippen molar-refractivity contribution in [2.75, 3.05) is 10.6 Å². The largest absolute Gasteiger partial charge is 0.331 e. The average molecular weight is 353 g/mol. The molecule has 0 radical (unpaired) electrons. The highest BCUT2D eigenvalue weighted by Gasteiger charge is 2.24. The van der Waals surface area contributed by atoms with Crippen LogP contribution in [-0.4, -0.2) is 11.9 Å². The molecule has 0 saturated carbocycles. The van der Waals surface area contributed by atoms with E-state index in [2.05, 4.69) is 16.0 Å². The molecule has 0 fully saturated rings. The summed E-state index contributed by atoms with van der Waals surface area (Å²) in [5.74, 6) is -0.264. The molecule has 4 rings (SSSR count). The van der Waals surface area contributed by atoms with Crippen LogP contribution in [0.25, 0.3) is 0 Å². The van der Waals surface area contributed by atoms with E-state index in [1.807, 2.05) is 12.1 Å². The van der Waals surface area contributed by atoms with Crippen LogP contribution in [-0.2, 0) is 17.6 Å². The lowest BCUT2D eigenvalue weighted by Crippen LogP contribution is -2.31. The molecule has 6 heteroatoms. The van der Waals surface area contributed by atoms with Gasteiger partial charge in [-0.15, -0.1) is 0 Å². The van der Waals surface area contributed by atoms with Crippen LogP contribution >= 0.6 is 0 Å². The van der Waals surface area contributed by atoms with Crippen molar-refractivity contribution in [1.29, 1.82) is 0 Å². The molecule has 1 aliphatic carbocycles. The van der Waals surface area contributed by atoms with Crippen LogP contribution in [0.3, 0.4) is 0 Å². The third-order valence-corrected chi connectivity index (χ3v) is 4.98. The Kier molecular flexibility index (Phi) is 4.32. The lowest BCUT2D eigenvalue weighted by Gasteiger charge is -2.16. The van der Waals surface area contributed by atoms with Crippen LogP contribution in [0.4, 0.5) is 20.6 Å². The van der Waals surface area contributed by atoms with Crippen LogP contribution in [0.15, 0.2) is 36.4 Å². The van der Waals surface area contributed by atoms with Crippen LogP contribution < -0.4 is 16.0 Å². The van der Waals surface area contributed by atoms with Crippen molar-refractivity contribution in [3.8, 4) is 0 Å². The predicted molar refractivity (Wildman–Crippen MR) is 97.6 cm³/mol. The van der Waals surface area contributed by atoms with Gasteiger partial charge in [0.05, 0.1) is 6.04 Å². The quantitative estimate of drug-likeness (QED) is 0.766. The standard InChI is InChI=1S/C20H20FN3O2/c21-14-6-4-12-5-8-18(16(12)11-14)24-20(26)22-15-7-9-17-13(10-15)2-1-3-19(25)23-17/h4,6-7,9-11,18H,1-3,5,8H2,(H,23,25)(H2,22,24,26). The molecule has 3 N–H and O–H groups in total. The Morgan fingerprint density at radius 1 is 1.08 bits per heavy atom. The summed E-state index contributed by atoms with van der Waals surface area (Å²) in [6.45, 7) is 0. The minimum atomic E-state index is -0.315. The zero-order chi connectivity index (χ0) is 18.1. The monoisotopic (exact) mass is 353 g/mol. The van der Waals surface area contributed by atoms with Crippen LogP contribution in [0.5, 0.6) is 0 Å². The average Bonchev–Trinajstić information content (AvgIpc) is 2.88. The van der Waals surface area contributed by atoms with E-state index in [-0.39, 0.29) is 23.8 Å². The van der Waals surface area contributed by atoms with Gasteiger partial charge < -0.3 is 16.0 Å². The molecule has 0 bridgehead atoms. The molecule has 134 valence electrons. The molecule has 1 unspecified atom stereocenters. The molecule has 5 nitrogen and oxygen atoms in total. The van der Waals surface area contributed by atoms with Gasteiger partial charge in [0.1, 0.15) is 5.82 Å². The predicted octanol–water partition coefficient (Wildman–Crippen LogP) is 3.91. The number of nitrogens with one attached hydrogen (secondary N) is 3. The zero-order valence-corrected chi connectivity index (χ0v) is 14.3. The number of aryl methyl sites for hydroxylation is 2. The van der Waals surface area contributed by atoms with Gasteiger partial charge in [0.15, 0.2) is 0 Å². The van der Waals surface area contributed by atoms with Crippen molar-refractivity contribution in [1.82, 2.24) is 5.32 Å². The minimum absolute atomic E-state index is 0.0225. The van der Waals surface area contributed by atoms with Gasteiger partial charge in [0.25, 0.3) is 0 Å². The van der Waals surface area contributed by atoms with Gasteiger partial charge in [-0.3, -0.25) is 4.79 Å². The van der Waals surface area contributed by atoms with Crippen molar-refractivity contribution in [3.63, 3.8) is 0 Å². The van der Waals surface area contributed by atoms with Crippen LogP contribution in [0.1, 0.15) is 42.0 Å². The van der Waals surface area contributed by atoms with Gasteiger partial charge in [-0.2, -0.15) is 0 Å². The van der Waals surface area contributed by atoms with Gasteiger partial charge in [0, 0.05) is 17.8 Å². The summed E-state index contributed by atoms with van der Waals surface area (Å²) in [6, 6.07) is 9.72. The van der Waals surface area contributed by atoms with E-state index in [9.17, 15) is 14.0 Å². The molecule has 0 aromatic heterocycles. The van der Waals surface area contributed by atoms with E-state index in [1.165, 1.54) is 12.1 Å². The molecule has 3 amide bonds. The highest BCUT2D eigenvalue weighted by atomic mass is 19.1. The fourth-order valence-corrected chi connectivity index (χ4v) is 3.70. The van der Waals surface area contributed by atoms with E-state index in [1.54, 1.807) is 12.1 Å². The summed E-state index contributed by atoms with van der Waals surface area (Å²) in [5.41, 5.74) is 4.43. The normalized spacial score (nSPS) is 18.3. The highest BCUT2D eigenvalue weighted by Crippen LogP contribution is 2.32. The number of carbonyl (C=O) groups is 2. The van der Waals surface area contributed by atoms with Crippen molar-refractivity contribution in [2.45, 2.75) is 38.1 Å². The number of urea groups is 1. The van der Waals surface area contributed by atoms with E-state index in [0.29, 0.717) is 12.1 Å². The summed E-state index contributed by atoms with van der Waals surface area (Å²) < 4.78 is 13.5. The molecule has 1 heterocycles. The summed E-state index contributed by atoms with van der Waals surface area (Å²) in [4.78, 5) is 24.0. The molecule has 1 aliphatic heterocycles. The topological polar surface area (TPSA) is 70.2 Å². The van der Waals surface area contributed by atoms with E-state index in [4.69, 9.17) is 0 Å². The molecule has 0 spiro atoms. The van der Waals surface area contributed by atoms with Crippen molar-refractivity contribution < 1.29 is 14.0 Å². The zero-order valence-electron chi connectivity index (χ0n) is 14.3. The molecule has 26 heavy (non-hydrogen) atoms. The molecular weight excluding hydrogens is 333 g/mol. The van der Waals surface area contributed by atoms with Crippen molar-refractivity contribution >= 4 is 23.3 Å². The molecule has 2 aromatic rings. The number of rotatable bonds is 2. The Labute approximate surface area is 151 Å². The second kappa shape index (κ2) is 6.78. The summed E-state index contributed by atoms with van der Waals surface area (Å²) in [5, 5.41) is 8.64. The first kappa shape index (κ1) is 16.6. The van der Waals surface area contributed by atoms with Gasteiger partial charge in [-0.1, -0.05) is 6.07 Å². The van der Waals surface area contributed by atoms with Crippen molar-refractivity contribution in [2.24, 2.45) is 0 Å². The molecule has 2 aromatic carbocycles.